The number of rotatable bonds is 3. The van der Waals surface area contributed by atoms with Crippen molar-refractivity contribution in [2.75, 3.05) is 0 Å². The fourth-order valence-electron chi connectivity index (χ4n) is 1.02. The van der Waals surface area contributed by atoms with Gasteiger partial charge in [-0.05, 0) is 25.3 Å². The number of hydrogen-bond donors (Lipinski definition) is 0. The van der Waals surface area contributed by atoms with Crippen LogP contribution in [0.1, 0.15) is 45.2 Å². The Bertz CT molecular complexity index is 218. The lowest BCUT2D eigenvalue weighted by atomic mass is 10.1. The second-order valence-electron chi connectivity index (χ2n) is 2.81. The van der Waals surface area contributed by atoms with Crippen molar-refractivity contribution in [3.8, 4) is 0 Å². The van der Waals surface area contributed by atoms with Gasteiger partial charge in [0.1, 0.15) is 0 Å². The topological polar surface area (TPSA) is 0 Å². The van der Waals surface area contributed by atoms with E-state index in [0.29, 0.717) is 0 Å². The highest BCUT2D eigenvalue weighted by Gasteiger charge is 1.88. The molecule has 0 bridgehead atoms. The second-order valence-corrected chi connectivity index (χ2v) is 2.81. The van der Waals surface area contributed by atoms with Gasteiger partial charge in [-0.25, -0.2) is 0 Å². The van der Waals surface area contributed by atoms with E-state index in [1.807, 2.05) is 33.8 Å². The molecule has 0 saturated heterocycles. The Morgan fingerprint density at radius 1 is 1.00 bits per heavy atom. The summed E-state index contributed by atoms with van der Waals surface area (Å²) in [6.45, 7) is 13.8. The van der Waals surface area contributed by atoms with Gasteiger partial charge >= 0.3 is 0 Å². The SMILES string of the molecule is C=CCCc1ccc(C)cc1.CC.CC. The quantitative estimate of drug-likeness (QED) is 0.599. The van der Waals surface area contributed by atoms with Gasteiger partial charge in [0.15, 0.2) is 0 Å². The fourth-order valence-corrected chi connectivity index (χ4v) is 1.02. The van der Waals surface area contributed by atoms with E-state index in [4.69, 9.17) is 0 Å². The maximum absolute atomic E-state index is 3.69. The van der Waals surface area contributed by atoms with Crippen LogP contribution in [0.2, 0.25) is 0 Å². The molecule has 0 N–H and O–H groups in total. The Balaban J connectivity index is 0. The van der Waals surface area contributed by atoms with E-state index in [9.17, 15) is 0 Å². The molecule has 0 aliphatic heterocycles. The van der Waals surface area contributed by atoms with Crippen molar-refractivity contribution in [2.24, 2.45) is 0 Å². The molecule has 0 unspecified atom stereocenters. The van der Waals surface area contributed by atoms with Crippen molar-refractivity contribution in [3.05, 3.63) is 48.0 Å². The summed E-state index contributed by atoms with van der Waals surface area (Å²) in [5.41, 5.74) is 2.72. The molecule has 0 atom stereocenters. The molecule has 0 heterocycles. The Morgan fingerprint density at radius 3 is 1.87 bits per heavy atom. The zero-order chi connectivity index (χ0) is 12.1. The third-order valence-corrected chi connectivity index (χ3v) is 1.76. The molecule has 0 heteroatoms. The molecule has 1 aromatic rings. The lowest BCUT2D eigenvalue weighted by molar-refractivity contribution is 1.00. The Labute approximate surface area is 96.0 Å². The molecule has 0 nitrogen and oxygen atoms in total. The summed E-state index contributed by atoms with van der Waals surface area (Å²) in [6.07, 6.45) is 4.15. The van der Waals surface area contributed by atoms with Crippen LogP contribution in [0.25, 0.3) is 0 Å². The first-order valence-electron chi connectivity index (χ1n) is 5.99. The summed E-state index contributed by atoms with van der Waals surface area (Å²) < 4.78 is 0. The summed E-state index contributed by atoms with van der Waals surface area (Å²) in [6, 6.07) is 8.66. The normalized spacial score (nSPS) is 7.80. The Hall–Kier alpha value is -1.04. The predicted octanol–water partition coefficient (Wildman–Crippen LogP) is 5.17. The van der Waals surface area contributed by atoms with Crippen molar-refractivity contribution < 1.29 is 0 Å². The first kappa shape index (κ1) is 16.4. The van der Waals surface area contributed by atoms with Gasteiger partial charge < -0.3 is 0 Å². The van der Waals surface area contributed by atoms with Crippen molar-refractivity contribution in [1.82, 2.24) is 0 Å². The summed E-state index contributed by atoms with van der Waals surface area (Å²) in [5, 5.41) is 0. The van der Waals surface area contributed by atoms with Crippen LogP contribution < -0.4 is 0 Å². The largest absolute Gasteiger partial charge is 0.103 e. The summed E-state index contributed by atoms with van der Waals surface area (Å²) >= 11 is 0. The number of allylic oxidation sites excluding steroid dienone is 1. The third kappa shape index (κ3) is 9.27. The van der Waals surface area contributed by atoms with Gasteiger partial charge in [-0.15, -0.1) is 6.58 Å². The zero-order valence-electron chi connectivity index (χ0n) is 11.0. The minimum atomic E-state index is 1.07. The first-order valence-corrected chi connectivity index (χ1v) is 5.99. The third-order valence-electron chi connectivity index (χ3n) is 1.76. The number of benzene rings is 1. The minimum Gasteiger partial charge on any atom is -0.103 e. The lowest BCUT2D eigenvalue weighted by Crippen LogP contribution is -1.82. The highest BCUT2D eigenvalue weighted by molar-refractivity contribution is 5.21. The van der Waals surface area contributed by atoms with Crippen LogP contribution >= 0.6 is 0 Å². The Kier molecular flexibility index (Phi) is 14.2. The van der Waals surface area contributed by atoms with Crippen molar-refractivity contribution >= 4 is 0 Å². The molecular formula is C15H26. The molecule has 0 fully saturated rings. The van der Waals surface area contributed by atoms with Crippen LogP contribution in [0.15, 0.2) is 36.9 Å². The average molecular weight is 206 g/mol. The van der Waals surface area contributed by atoms with E-state index in [1.165, 1.54) is 11.1 Å². The summed E-state index contributed by atoms with van der Waals surface area (Å²) in [4.78, 5) is 0. The first-order chi connectivity index (χ1) is 7.33. The van der Waals surface area contributed by atoms with Crippen LogP contribution in [-0.2, 0) is 6.42 Å². The maximum Gasteiger partial charge on any atom is -0.0244 e. The van der Waals surface area contributed by atoms with Crippen molar-refractivity contribution in [2.45, 2.75) is 47.5 Å². The molecule has 0 spiro atoms. The highest BCUT2D eigenvalue weighted by Crippen LogP contribution is 2.05. The van der Waals surface area contributed by atoms with Crippen LogP contribution in [0.3, 0.4) is 0 Å². The Morgan fingerprint density at radius 2 is 1.47 bits per heavy atom. The summed E-state index contributed by atoms with van der Waals surface area (Å²) in [7, 11) is 0. The van der Waals surface area contributed by atoms with Gasteiger partial charge in [0.05, 0.1) is 0 Å². The average Bonchev–Trinajstić information content (AvgIpc) is 2.34. The van der Waals surface area contributed by atoms with Crippen molar-refractivity contribution in [1.29, 1.82) is 0 Å². The molecule has 0 amide bonds. The molecule has 0 aromatic heterocycles. The molecule has 86 valence electrons. The molecule has 1 rings (SSSR count). The molecule has 0 aliphatic carbocycles. The monoisotopic (exact) mass is 206 g/mol. The van der Waals surface area contributed by atoms with E-state index in [2.05, 4.69) is 37.8 Å². The second kappa shape index (κ2) is 13.0. The molecule has 0 radical (unpaired) electrons. The maximum atomic E-state index is 3.69. The smallest absolute Gasteiger partial charge is 0.0244 e. The van der Waals surface area contributed by atoms with E-state index in [0.717, 1.165) is 12.8 Å². The van der Waals surface area contributed by atoms with Crippen molar-refractivity contribution in [3.63, 3.8) is 0 Å². The molecule has 0 aliphatic rings. The van der Waals surface area contributed by atoms with Gasteiger partial charge in [-0.3, -0.25) is 0 Å². The van der Waals surface area contributed by atoms with Gasteiger partial charge in [-0.2, -0.15) is 0 Å². The minimum absolute atomic E-state index is 1.07. The van der Waals surface area contributed by atoms with Gasteiger partial charge in [-0.1, -0.05) is 63.6 Å². The van der Waals surface area contributed by atoms with E-state index >= 15 is 0 Å². The van der Waals surface area contributed by atoms with Crippen LogP contribution in [0.5, 0.6) is 0 Å². The van der Waals surface area contributed by atoms with Crippen LogP contribution in [0.4, 0.5) is 0 Å². The van der Waals surface area contributed by atoms with E-state index in [-0.39, 0.29) is 0 Å². The fraction of sp³-hybridized carbons (Fsp3) is 0.467. The highest BCUT2D eigenvalue weighted by atomic mass is 13.9. The zero-order valence-corrected chi connectivity index (χ0v) is 11.0. The number of hydrogen-bond acceptors (Lipinski definition) is 0. The molecule has 1 aromatic carbocycles. The standard InChI is InChI=1S/C11H14.2C2H6/c1-3-4-5-11-8-6-10(2)7-9-11;2*1-2/h3,6-9H,1,4-5H2,2H3;2*1-2H3. The molecule has 0 saturated carbocycles. The number of aryl methyl sites for hydroxylation is 2. The van der Waals surface area contributed by atoms with Gasteiger partial charge in [0, 0.05) is 0 Å². The van der Waals surface area contributed by atoms with Crippen LogP contribution in [0, 0.1) is 6.92 Å². The molecular weight excluding hydrogens is 180 g/mol. The van der Waals surface area contributed by atoms with Gasteiger partial charge in [0.25, 0.3) is 0 Å². The predicted molar refractivity (Wildman–Crippen MR) is 72.4 cm³/mol. The van der Waals surface area contributed by atoms with E-state index < -0.39 is 0 Å². The molecule has 15 heavy (non-hydrogen) atoms. The van der Waals surface area contributed by atoms with Crippen LogP contribution in [-0.4, -0.2) is 0 Å². The van der Waals surface area contributed by atoms with E-state index in [1.54, 1.807) is 0 Å². The van der Waals surface area contributed by atoms with Gasteiger partial charge in [0.2, 0.25) is 0 Å². The lowest BCUT2D eigenvalue weighted by Gasteiger charge is -1.97. The summed E-state index contributed by atoms with van der Waals surface area (Å²) in [5.74, 6) is 0.